The van der Waals surface area contributed by atoms with Gasteiger partial charge in [-0.15, -0.1) is 16.1 Å². The first-order valence-electron chi connectivity index (χ1n) is 3.21. The maximum Gasteiger partial charge on any atom is 0.700 e. The maximum atomic E-state index is 10.7. The molecule has 0 radical (unpaired) electrons. The van der Waals surface area contributed by atoms with Crippen LogP contribution >= 0.6 is 19.9 Å². The summed E-state index contributed by atoms with van der Waals surface area (Å²) < 4.78 is 19.7. The van der Waals surface area contributed by atoms with Crippen LogP contribution < -0.4 is 0 Å². The molecule has 0 aromatic rings. The molecular weight excluding hydrogens is 190 g/mol. The van der Waals surface area contributed by atoms with Gasteiger partial charge >= 0.3 is 8.25 Å². The normalized spacial score (nSPS) is 14.6. The molecule has 0 saturated carbocycles. The van der Waals surface area contributed by atoms with E-state index in [1.165, 1.54) is 0 Å². The van der Waals surface area contributed by atoms with Gasteiger partial charge in [0.15, 0.2) is 0 Å². The average Bonchev–Trinajstić information content (AvgIpc) is 2.00. The molecule has 2 atom stereocenters. The van der Waals surface area contributed by atoms with Gasteiger partial charge in [-0.3, -0.25) is 0 Å². The Morgan fingerprint density at radius 1 is 1.73 bits per heavy atom. The molecule has 0 heterocycles. The van der Waals surface area contributed by atoms with E-state index in [0.717, 1.165) is 0 Å². The van der Waals surface area contributed by atoms with Gasteiger partial charge in [-0.05, 0) is 0 Å². The zero-order chi connectivity index (χ0) is 8.69. The van der Waals surface area contributed by atoms with Crippen LogP contribution in [0.2, 0.25) is 0 Å². The van der Waals surface area contributed by atoms with Gasteiger partial charge in [0.05, 0.1) is 5.88 Å². The summed E-state index contributed by atoms with van der Waals surface area (Å²) in [5, 5.41) is 8.81. The third-order valence-electron chi connectivity index (χ3n) is 0.831. The molecule has 0 aromatic heterocycles. The van der Waals surface area contributed by atoms with Crippen molar-refractivity contribution < 1.29 is 18.7 Å². The lowest BCUT2D eigenvalue weighted by Gasteiger charge is -1.95. The van der Waals surface area contributed by atoms with Crippen LogP contribution in [0, 0.1) is 0 Å². The Bertz CT molecular complexity index is 121. The van der Waals surface area contributed by atoms with Crippen LogP contribution in [-0.2, 0) is 13.6 Å². The minimum Gasteiger partial charge on any atom is -0.364 e. The number of aliphatic hydroxyl groups excluding tert-OH is 1. The number of alkyl halides is 1. The number of hydrogen-bond donors (Lipinski definition) is 1. The summed E-state index contributed by atoms with van der Waals surface area (Å²) in [7, 11) is -2.22. The van der Waals surface area contributed by atoms with E-state index in [-0.39, 0.29) is 12.5 Å². The molecule has 0 aliphatic carbocycles. The van der Waals surface area contributed by atoms with Crippen LogP contribution in [0.5, 0.6) is 0 Å². The van der Waals surface area contributed by atoms with Gasteiger partial charge in [0, 0.05) is 11.0 Å². The van der Waals surface area contributed by atoms with Crippen molar-refractivity contribution in [1.29, 1.82) is 0 Å². The molecule has 11 heavy (non-hydrogen) atoms. The van der Waals surface area contributed by atoms with Crippen LogP contribution in [0.15, 0.2) is 0 Å². The predicted molar refractivity (Wildman–Crippen MR) is 41.7 cm³/mol. The van der Waals surface area contributed by atoms with E-state index in [4.69, 9.17) is 16.7 Å². The summed E-state index contributed by atoms with van der Waals surface area (Å²) in [6, 6.07) is 0. The molecule has 2 unspecified atom stereocenters. The average molecular weight is 202 g/mol. The Kier molecular flexibility index (Phi) is 7.12. The van der Waals surface area contributed by atoms with E-state index in [9.17, 15) is 4.57 Å². The number of hydrogen-bond acceptors (Lipinski definition) is 4. The van der Waals surface area contributed by atoms with Crippen molar-refractivity contribution in [2.24, 2.45) is 0 Å². The predicted octanol–water partition coefficient (Wildman–Crippen LogP) is 1.64. The van der Waals surface area contributed by atoms with Gasteiger partial charge < -0.3 is 5.11 Å². The highest BCUT2D eigenvalue weighted by atomic mass is 35.5. The smallest absolute Gasteiger partial charge is 0.364 e. The number of rotatable bonds is 6. The van der Waals surface area contributed by atoms with Crippen LogP contribution in [0.25, 0.3) is 0 Å². The second-order valence-electron chi connectivity index (χ2n) is 1.71. The summed E-state index contributed by atoms with van der Waals surface area (Å²) in [6.07, 6.45) is -0.639. The molecular formula is C5H11ClO4P+. The van der Waals surface area contributed by atoms with Crippen LogP contribution in [-0.4, -0.2) is 23.9 Å². The zero-order valence-electron chi connectivity index (χ0n) is 6.20. The van der Waals surface area contributed by atoms with E-state index in [1.807, 2.05) is 0 Å². The molecule has 0 aromatic carbocycles. The lowest BCUT2D eigenvalue weighted by atomic mass is 10.5. The van der Waals surface area contributed by atoms with Gasteiger partial charge in [0.2, 0.25) is 6.29 Å². The summed E-state index contributed by atoms with van der Waals surface area (Å²) in [5.41, 5.74) is 0. The monoisotopic (exact) mass is 201 g/mol. The molecule has 0 rings (SSSR count). The summed E-state index contributed by atoms with van der Waals surface area (Å²) in [4.78, 5) is 0. The molecule has 1 N–H and O–H groups in total. The minimum absolute atomic E-state index is 0.160. The van der Waals surface area contributed by atoms with Crippen LogP contribution in [0.1, 0.15) is 13.3 Å². The first kappa shape index (κ1) is 11.3. The van der Waals surface area contributed by atoms with E-state index in [1.54, 1.807) is 6.92 Å². The van der Waals surface area contributed by atoms with Gasteiger partial charge in [-0.25, -0.2) is 0 Å². The topological polar surface area (TPSA) is 55.8 Å². The lowest BCUT2D eigenvalue weighted by molar-refractivity contribution is -0.0237. The summed E-state index contributed by atoms with van der Waals surface area (Å²) in [5.74, 6) is 0.257. The Labute approximate surface area is 71.4 Å². The Balaban J connectivity index is 3.36. The third kappa shape index (κ3) is 6.66. The van der Waals surface area contributed by atoms with E-state index in [0.29, 0.717) is 6.42 Å². The largest absolute Gasteiger partial charge is 0.700 e. The third-order valence-corrected chi connectivity index (χ3v) is 1.79. The maximum absolute atomic E-state index is 10.7. The summed E-state index contributed by atoms with van der Waals surface area (Å²) in [6.45, 7) is 1.86. The van der Waals surface area contributed by atoms with Gasteiger partial charge in [-0.2, -0.15) is 0 Å². The second kappa shape index (κ2) is 6.95. The highest BCUT2D eigenvalue weighted by Crippen LogP contribution is 2.25. The Hall–Kier alpha value is 0.270. The molecule has 4 nitrogen and oxygen atoms in total. The molecule has 66 valence electrons. The fraction of sp³-hybridized carbons (Fsp3) is 1.00. The van der Waals surface area contributed by atoms with Crippen molar-refractivity contribution in [2.45, 2.75) is 19.6 Å². The second-order valence-corrected chi connectivity index (χ2v) is 3.01. The van der Waals surface area contributed by atoms with Gasteiger partial charge in [0.1, 0.15) is 6.61 Å². The quantitative estimate of drug-likeness (QED) is 0.403. The molecule has 0 bridgehead atoms. The van der Waals surface area contributed by atoms with Crippen molar-refractivity contribution in [3.63, 3.8) is 0 Å². The number of aliphatic hydroxyl groups is 1. The molecule has 0 amide bonds. The molecule has 0 fully saturated rings. The molecule has 0 aliphatic rings. The Morgan fingerprint density at radius 2 is 2.36 bits per heavy atom. The highest BCUT2D eigenvalue weighted by molar-refractivity contribution is 7.33. The first-order valence-corrected chi connectivity index (χ1v) is 4.84. The fourth-order valence-corrected chi connectivity index (χ4v) is 1.15. The highest BCUT2D eigenvalue weighted by Gasteiger charge is 2.24. The van der Waals surface area contributed by atoms with Gasteiger partial charge in [0.25, 0.3) is 0 Å². The van der Waals surface area contributed by atoms with E-state index >= 15 is 0 Å². The van der Waals surface area contributed by atoms with E-state index < -0.39 is 14.5 Å². The SMILES string of the molecule is CCC(O)O[P+](=O)OCCCl. The van der Waals surface area contributed by atoms with Crippen molar-refractivity contribution in [2.75, 3.05) is 12.5 Å². The lowest BCUT2D eigenvalue weighted by Crippen LogP contribution is -2.05. The standard InChI is InChI=1S/C5H11ClO4P/c1-2-5(7)10-11(8)9-4-3-6/h5,7H,2-4H2,1H3/q+1. The fourth-order valence-electron chi connectivity index (χ4n) is 0.313. The van der Waals surface area contributed by atoms with Crippen molar-refractivity contribution in [3.05, 3.63) is 0 Å². The first-order chi connectivity index (χ1) is 5.20. The molecule has 0 aliphatic heterocycles. The molecule has 6 heteroatoms. The van der Waals surface area contributed by atoms with Crippen molar-refractivity contribution in [3.8, 4) is 0 Å². The van der Waals surface area contributed by atoms with Gasteiger partial charge in [-0.1, -0.05) is 11.4 Å². The molecule has 0 spiro atoms. The number of halogens is 1. The van der Waals surface area contributed by atoms with Crippen LogP contribution in [0.4, 0.5) is 0 Å². The summed E-state index contributed by atoms with van der Waals surface area (Å²) >= 11 is 5.24. The minimum atomic E-state index is -2.22. The van der Waals surface area contributed by atoms with Crippen LogP contribution in [0.3, 0.4) is 0 Å². The van der Waals surface area contributed by atoms with E-state index in [2.05, 4.69) is 9.05 Å². The van der Waals surface area contributed by atoms with Crippen molar-refractivity contribution in [1.82, 2.24) is 0 Å². The van der Waals surface area contributed by atoms with Crippen molar-refractivity contribution >= 4 is 19.9 Å². The Morgan fingerprint density at radius 3 is 2.82 bits per heavy atom. The zero-order valence-corrected chi connectivity index (χ0v) is 7.85. The molecule has 0 saturated heterocycles.